The SMILES string of the molecule is COc1ccc2cc(C(=O)N3CC(Cn4nc5c(cc4=O)CCC5)C3)[nH]c2c1. The molecule has 7 heteroatoms. The lowest BCUT2D eigenvalue weighted by Crippen LogP contribution is -2.52. The number of benzene rings is 1. The van der Waals surface area contributed by atoms with Gasteiger partial charge in [0.15, 0.2) is 0 Å². The van der Waals surface area contributed by atoms with Crippen LogP contribution in [0.15, 0.2) is 35.1 Å². The van der Waals surface area contributed by atoms with Gasteiger partial charge in [-0.1, -0.05) is 0 Å². The van der Waals surface area contributed by atoms with Crippen LogP contribution in [0.4, 0.5) is 0 Å². The summed E-state index contributed by atoms with van der Waals surface area (Å²) >= 11 is 0. The first-order chi connectivity index (χ1) is 13.6. The number of aromatic amines is 1. The lowest BCUT2D eigenvalue weighted by molar-refractivity contribution is 0.0453. The van der Waals surface area contributed by atoms with E-state index < -0.39 is 0 Å². The highest BCUT2D eigenvalue weighted by atomic mass is 16.5. The Morgan fingerprint density at radius 1 is 1.25 bits per heavy atom. The van der Waals surface area contributed by atoms with Crippen molar-refractivity contribution in [2.75, 3.05) is 20.2 Å². The summed E-state index contributed by atoms with van der Waals surface area (Å²) in [6.07, 6.45) is 2.99. The van der Waals surface area contributed by atoms with Crippen LogP contribution in [0, 0.1) is 5.92 Å². The molecule has 28 heavy (non-hydrogen) atoms. The standard InChI is InChI=1S/C21H22N4O3/c1-28-16-6-5-15-7-19(22-18(15)9-16)21(27)24-10-13(11-24)12-25-20(26)8-14-3-2-4-17(14)23-25/h5-9,13,22H,2-4,10-12H2,1H3. The summed E-state index contributed by atoms with van der Waals surface area (Å²) in [7, 11) is 1.62. The Hall–Kier alpha value is -3.09. The van der Waals surface area contributed by atoms with Gasteiger partial charge in [-0.05, 0) is 43.0 Å². The van der Waals surface area contributed by atoms with Gasteiger partial charge in [0.2, 0.25) is 0 Å². The largest absolute Gasteiger partial charge is 0.497 e. The van der Waals surface area contributed by atoms with Gasteiger partial charge in [0.25, 0.3) is 11.5 Å². The van der Waals surface area contributed by atoms with Crippen LogP contribution in [-0.2, 0) is 19.4 Å². The molecule has 1 fully saturated rings. The smallest absolute Gasteiger partial charge is 0.270 e. The Morgan fingerprint density at radius 2 is 2.11 bits per heavy atom. The Labute approximate surface area is 161 Å². The van der Waals surface area contributed by atoms with E-state index in [-0.39, 0.29) is 17.4 Å². The number of hydrogen-bond donors (Lipinski definition) is 1. The van der Waals surface area contributed by atoms with Crippen molar-refractivity contribution >= 4 is 16.8 Å². The number of amides is 1. The number of nitrogens with zero attached hydrogens (tertiary/aromatic N) is 3. The van der Waals surface area contributed by atoms with E-state index >= 15 is 0 Å². The van der Waals surface area contributed by atoms with Gasteiger partial charge >= 0.3 is 0 Å². The number of fused-ring (bicyclic) bond motifs is 2. The van der Waals surface area contributed by atoms with E-state index in [0.29, 0.717) is 25.3 Å². The normalized spacial score (nSPS) is 16.2. The number of ether oxygens (including phenoxy) is 1. The number of hydrogen-bond acceptors (Lipinski definition) is 4. The molecule has 7 nitrogen and oxygen atoms in total. The number of likely N-dealkylation sites (tertiary alicyclic amines) is 1. The molecule has 2 aromatic heterocycles. The molecule has 1 amide bonds. The van der Waals surface area contributed by atoms with Crippen LogP contribution >= 0.6 is 0 Å². The zero-order valence-electron chi connectivity index (χ0n) is 15.8. The Bertz CT molecular complexity index is 1120. The highest BCUT2D eigenvalue weighted by molar-refractivity contribution is 5.98. The molecule has 144 valence electrons. The molecule has 3 heterocycles. The third-order valence-corrected chi connectivity index (χ3v) is 5.76. The second-order valence-corrected chi connectivity index (χ2v) is 7.70. The van der Waals surface area contributed by atoms with Crippen molar-refractivity contribution in [1.29, 1.82) is 0 Å². The van der Waals surface area contributed by atoms with Crippen molar-refractivity contribution in [1.82, 2.24) is 19.7 Å². The third kappa shape index (κ3) is 2.87. The molecule has 0 atom stereocenters. The fourth-order valence-electron chi connectivity index (χ4n) is 4.18. The number of H-pyrrole nitrogens is 1. The number of rotatable bonds is 4. The number of aryl methyl sites for hydroxylation is 2. The molecule has 2 aliphatic rings. The lowest BCUT2D eigenvalue weighted by Gasteiger charge is -2.39. The Kier molecular flexibility index (Phi) is 3.96. The zero-order valence-corrected chi connectivity index (χ0v) is 15.8. The molecular weight excluding hydrogens is 356 g/mol. The summed E-state index contributed by atoms with van der Waals surface area (Å²) in [5.41, 5.74) is 3.58. The summed E-state index contributed by atoms with van der Waals surface area (Å²) in [6, 6.07) is 9.31. The summed E-state index contributed by atoms with van der Waals surface area (Å²) in [5.74, 6) is 1.00. The van der Waals surface area contributed by atoms with Crippen molar-refractivity contribution in [3.05, 3.63) is 57.6 Å². The molecule has 5 rings (SSSR count). The van der Waals surface area contributed by atoms with Gasteiger partial charge in [-0.25, -0.2) is 4.68 Å². The molecule has 0 unspecified atom stereocenters. The molecule has 0 bridgehead atoms. The van der Waals surface area contributed by atoms with Crippen molar-refractivity contribution in [2.24, 2.45) is 5.92 Å². The van der Waals surface area contributed by atoms with Crippen LogP contribution in [0.5, 0.6) is 5.75 Å². The minimum atomic E-state index is -0.0324. The molecule has 1 aliphatic heterocycles. The van der Waals surface area contributed by atoms with E-state index in [1.165, 1.54) is 0 Å². The molecule has 1 N–H and O–H groups in total. The fourth-order valence-corrected chi connectivity index (χ4v) is 4.18. The van der Waals surface area contributed by atoms with Crippen LogP contribution in [0.1, 0.15) is 28.2 Å². The summed E-state index contributed by atoms with van der Waals surface area (Å²) < 4.78 is 6.81. The van der Waals surface area contributed by atoms with Gasteiger partial charge in [-0.2, -0.15) is 5.10 Å². The molecular formula is C21H22N4O3. The highest BCUT2D eigenvalue weighted by Gasteiger charge is 2.32. The monoisotopic (exact) mass is 378 g/mol. The lowest BCUT2D eigenvalue weighted by atomic mass is 9.99. The van der Waals surface area contributed by atoms with Crippen LogP contribution < -0.4 is 10.3 Å². The quantitative estimate of drug-likeness (QED) is 0.753. The third-order valence-electron chi connectivity index (χ3n) is 5.76. The molecule has 1 saturated heterocycles. The average molecular weight is 378 g/mol. The van der Waals surface area contributed by atoms with E-state index in [9.17, 15) is 9.59 Å². The van der Waals surface area contributed by atoms with Crippen molar-refractivity contribution in [2.45, 2.75) is 25.8 Å². The first kappa shape index (κ1) is 17.0. The Morgan fingerprint density at radius 3 is 2.93 bits per heavy atom. The summed E-state index contributed by atoms with van der Waals surface area (Å²) in [6.45, 7) is 1.85. The van der Waals surface area contributed by atoms with E-state index in [1.54, 1.807) is 17.9 Å². The maximum Gasteiger partial charge on any atom is 0.270 e. The summed E-state index contributed by atoms with van der Waals surface area (Å²) in [5, 5.41) is 5.51. The Balaban J connectivity index is 1.26. The first-order valence-electron chi connectivity index (χ1n) is 9.66. The highest BCUT2D eigenvalue weighted by Crippen LogP contribution is 2.25. The van der Waals surface area contributed by atoms with E-state index in [1.807, 2.05) is 29.2 Å². The van der Waals surface area contributed by atoms with Crippen LogP contribution in [0.3, 0.4) is 0 Å². The number of aromatic nitrogens is 3. The topological polar surface area (TPSA) is 80.2 Å². The van der Waals surface area contributed by atoms with Gasteiger partial charge in [0.1, 0.15) is 11.4 Å². The summed E-state index contributed by atoms with van der Waals surface area (Å²) in [4.78, 5) is 30.0. The number of carbonyl (C=O) groups excluding carboxylic acids is 1. The maximum atomic E-state index is 12.7. The second kappa shape index (κ2) is 6.51. The van der Waals surface area contributed by atoms with Gasteiger partial charge in [0.05, 0.1) is 19.3 Å². The number of methoxy groups -OCH3 is 1. The van der Waals surface area contributed by atoms with Gasteiger partial charge in [0, 0.05) is 42.0 Å². The van der Waals surface area contributed by atoms with Crippen molar-refractivity contribution < 1.29 is 9.53 Å². The average Bonchev–Trinajstić information content (AvgIpc) is 3.29. The molecule has 0 saturated carbocycles. The fraction of sp³-hybridized carbons (Fsp3) is 0.381. The van der Waals surface area contributed by atoms with Gasteiger partial charge < -0.3 is 14.6 Å². The van der Waals surface area contributed by atoms with Gasteiger partial charge in [-0.15, -0.1) is 0 Å². The molecule has 3 aromatic rings. The minimum absolute atomic E-state index is 0.0133. The number of nitrogens with one attached hydrogen (secondary N) is 1. The molecule has 0 spiro atoms. The predicted molar refractivity (Wildman–Crippen MR) is 105 cm³/mol. The molecule has 1 aliphatic carbocycles. The van der Waals surface area contributed by atoms with Crippen LogP contribution in [0.25, 0.3) is 10.9 Å². The van der Waals surface area contributed by atoms with Gasteiger partial charge in [-0.3, -0.25) is 9.59 Å². The van der Waals surface area contributed by atoms with Crippen molar-refractivity contribution in [3.63, 3.8) is 0 Å². The van der Waals surface area contributed by atoms with Crippen LogP contribution in [0.2, 0.25) is 0 Å². The zero-order chi connectivity index (χ0) is 19.3. The van der Waals surface area contributed by atoms with Crippen molar-refractivity contribution in [3.8, 4) is 5.75 Å². The predicted octanol–water partition coefficient (Wildman–Crippen LogP) is 1.99. The number of carbonyl (C=O) groups is 1. The van der Waals surface area contributed by atoms with Crippen LogP contribution in [-0.4, -0.2) is 45.8 Å². The van der Waals surface area contributed by atoms with E-state index in [0.717, 1.165) is 47.2 Å². The molecule has 0 radical (unpaired) electrons. The second-order valence-electron chi connectivity index (χ2n) is 7.70. The van der Waals surface area contributed by atoms with E-state index in [4.69, 9.17) is 4.74 Å². The minimum Gasteiger partial charge on any atom is -0.497 e. The maximum absolute atomic E-state index is 12.7. The molecule has 1 aromatic carbocycles. The van der Waals surface area contributed by atoms with E-state index in [2.05, 4.69) is 10.1 Å². The first-order valence-corrected chi connectivity index (χ1v) is 9.66.